The van der Waals surface area contributed by atoms with Crippen molar-refractivity contribution in [1.82, 2.24) is 8.61 Å². The molecule has 0 spiro atoms. The molecule has 2 aromatic carbocycles. The number of piperidine rings is 1. The van der Waals surface area contributed by atoms with Crippen LogP contribution in [0.15, 0.2) is 47.4 Å². The molecule has 1 N–H and O–H groups in total. The number of rotatable bonds is 8. The summed E-state index contributed by atoms with van der Waals surface area (Å²) in [7, 11) is -5.88. The zero-order valence-corrected chi connectivity index (χ0v) is 22.8. The number of halogens is 1. The summed E-state index contributed by atoms with van der Waals surface area (Å²) < 4.78 is 65.2. The first-order valence-corrected chi connectivity index (χ1v) is 15.3. The normalized spacial score (nSPS) is 18.4. The van der Waals surface area contributed by atoms with E-state index in [9.17, 15) is 21.6 Å². The lowest BCUT2D eigenvalue weighted by Gasteiger charge is -2.30. The average Bonchev–Trinajstić information content (AvgIpc) is 2.89. The summed E-state index contributed by atoms with van der Waals surface area (Å²) in [6.07, 6.45) is 0.684. The van der Waals surface area contributed by atoms with Crippen LogP contribution in [-0.4, -0.2) is 77.9 Å². The van der Waals surface area contributed by atoms with Gasteiger partial charge in [0, 0.05) is 37.1 Å². The lowest BCUT2D eigenvalue weighted by Crippen LogP contribution is -2.42. The lowest BCUT2D eigenvalue weighted by atomic mass is 9.97. The van der Waals surface area contributed by atoms with E-state index >= 15 is 0 Å². The summed E-state index contributed by atoms with van der Waals surface area (Å²) in [5.41, 5.74) is 0.851. The molecular weight excluding hydrogens is 542 g/mol. The third kappa shape index (κ3) is 6.62. The van der Waals surface area contributed by atoms with E-state index in [0.29, 0.717) is 42.4 Å². The van der Waals surface area contributed by atoms with Crippen LogP contribution in [-0.2, 0) is 35.3 Å². The minimum absolute atomic E-state index is 0.0485. The van der Waals surface area contributed by atoms with Gasteiger partial charge in [-0.1, -0.05) is 23.7 Å². The maximum Gasteiger partial charge on any atom is 0.243 e. The molecule has 0 unspecified atom stereocenters. The summed E-state index contributed by atoms with van der Waals surface area (Å²) in [6.45, 7) is 1.59. The third-order valence-electron chi connectivity index (χ3n) is 6.49. The maximum absolute atomic E-state index is 13.1. The Morgan fingerprint density at radius 3 is 2.38 bits per heavy atom. The smallest absolute Gasteiger partial charge is 0.243 e. The molecule has 2 heterocycles. The van der Waals surface area contributed by atoms with Gasteiger partial charge in [-0.3, -0.25) is 4.79 Å². The summed E-state index contributed by atoms with van der Waals surface area (Å²) >= 11 is 5.97. The highest BCUT2D eigenvalue weighted by Gasteiger charge is 2.32. The summed E-state index contributed by atoms with van der Waals surface area (Å²) in [6, 6.07) is 11.1. The lowest BCUT2D eigenvalue weighted by molar-refractivity contribution is -0.120. The first kappa shape index (κ1) is 27.8. The van der Waals surface area contributed by atoms with Crippen molar-refractivity contribution in [2.24, 2.45) is 5.92 Å². The summed E-state index contributed by atoms with van der Waals surface area (Å²) in [5, 5.41) is 3.26. The average molecular weight is 572 g/mol. The van der Waals surface area contributed by atoms with Crippen molar-refractivity contribution in [1.29, 1.82) is 0 Å². The number of nitrogens with zero attached hydrogens (tertiary/aromatic N) is 2. The Hall–Kier alpha value is -2.22. The second-order valence-corrected chi connectivity index (χ2v) is 13.3. The maximum atomic E-state index is 13.1. The van der Waals surface area contributed by atoms with Crippen LogP contribution in [0.3, 0.4) is 0 Å². The van der Waals surface area contributed by atoms with E-state index in [1.165, 1.54) is 33.9 Å². The van der Waals surface area contributed by atoms with Crippen LogP contribution in [0.1, 0.15) is 18.4 Å². The molecule has 2 aliphatic heterocycles. The van der Waals surface area contributed by atoms with Crippen LogP contribution in [0.4, 0.5) is 5.69 Å². The number of ether oxygens (including phenoxy) is 2. The first-order chi connectivity index (χ1) is 17.6. The van der Waals surface area contributed by atoms with E-state index in [4.69, 9.17) is 21.1 Å². The number of methoxy groups -OCH3 is 1. The van der Waals surface area contributed by atoms with E-state index in [1.807, 2.05) is 0 Å². The van der Waals surface area contributed by atoms with Gasteiger partial charge >= 0.3 is 0 Å². The topological polar surface area (TPSA) is 122 Å². The number of morpholine rings is 1. The summed E-state index contributed by atoms with van der Waals surface area (Å²) in [4.78, 5) is 13.1. The second kappa shape index (κ2) is 11.7. The molecule has 1 amide bonds. The van der Waals surface area contributed by atoms with E-state index in [-0.39, 0.29) is 48.4 Å². The Kier molecular flexibility index (Phi) is 8.77. The second-order valence-electron chi connectivity index (χ2n) is 8.93. The molecule has 13 heteroatoms. The molecule has 0 atom stereocenters. The molecular formula is C24H30ClN3O7S2. The zero-order valence-electron chi connectivity index (χ0n) is 20.4. The molecule has 0 bridgehead atoms. The van der Waals surface area contributed by atoms with Gasteiger partial charge in [-0.2, -0.15) is 4.31 Å². The highest BCUT2D eigenvalue weighted by atomic mass is 35.5. The first-order valence-electron chi connectivity index (χ1n) is 11.9. The molecule has 37 heavy (non-hydrogen) atoms. The zero-order chi connectivity index (χ0) is 26.6. The summed E-state index contributed by atoms with van der Waals surface area (Å²) in [5.74, 6) is -0.574. The Morgan fingerprint density at radius 1 is 1.03 bits per heavy atom. The quantitative estimate of drug-likeness (QED) is 0.516. The minimum atomic E-state index is -3.76. The number of anilines is 1. The van der Waals surface area contributed by atoms with Crippen LogP contribution < -0.4 is 10.1 Å². The van der Waals surface area contributed by atoms with Crippen LogP contribution in [0.25, 0.3) is 0 Å². The minimum Gasteiger partial charge on any atom is -0.495 e. The molecule has 10 nitrogen and oxygen atoms in total. The predicted octanol–water partition coefficient (Wildman–Crippen LogP) is 2.55. The molecule has 2 aliphatic rings. The number of sulfonamides is 2. The van der Waals surface area contributed by atoms with Gasteiger partial charge in [-0.15, -0.1) is 0 Å². The molecule has 2 fully saturated rings. The SMILES string of the molecule is COc1ccc(S(=O)(=O)N2CCOCC2)cc1NC(=O)C1CCN(S(=O)(=O)Cc2cccc(Cl)c2)CC1. The van der Waals surface area contributed by atoms with E-state index in [2.05, 4.69) is 5.32 Å². The van der Waals surface area contributed by atoms with Gasteiger partial charge in [0.25, 0.3) is 0 Å². The van der Waals surface area contributed by atoms with Crippen molar-refractivity contribution in [3.63, 3.8) is 0 Å². The van der Waals surface area contributed by atoms with Crippen LogP contribution >= 0.6 is 11.6 Å². The van der Waals surface area contributed by atoms with Gasteiger partial charge in [-0.05, 0) is 48.7 Å². The van der Waals surface area contributed by atoms with Gasteiger partial charge in [-0.25, -0.2) is 21.1 Å². The van der Waals surface area contributed by atoms with Crippen molar-refractivity contribution in [2.45, 2.75) is 23.5 Å². The highest BCUT2D eigenvalue weighted by Crippen LogP contribution is 2.31. The van der Waals surface area contributed by atoms with Crippen molar-refractivity contribution >= 4 is 43.2 Å². The van der Waals surface area contributed by atoms with Crippen LogP contribution in [0.5, 0.6) is 5.75 Å². The van der Waals surface area contributed by atoms with Crippen molar-refractivity contribution in [3.8, 4) is 5.75 Å². The Morgan fingerprint density at radius 2 is 1.73 bits per heavy atom. The molecule has 202 valence electrons. The van der Waals surface area contributed by atoms with Gasteiger partial charge in [0.05, 0.1) is 36.7 Å². The largest absolute Gasteiger partial charge is 0.495 e. The van der Waals surface area contributed by atoms with Crippen molar-refractivity contribution in [2.75, 3.05) is 51.8 Å². The van der Waals surface area contributed by atoms with Gasteiger partial charge in [0.2, 0.25) is 26.0 Å². The Labute approximate surface area is 222 Å². The number of amides is 1. The predicted molar refractivity (Wildman–Crippen MR) is 140 cm³/mol. The fourth-order valence-electron chi connectivity index (χ4n) is 4.44. The standard InChI is InChI=1S/C24H30ClN3O7S2/c1-34-23-6-5-21(37(32,33)28-11-13-35-14-12-28)16-22(23)26-24(29)19-7-9-27(10-8-19)36(30,31)17-18-3-2-4-20(25)15-18/h2-6,15-16,19H,7-14,17H2,1H3,(H,26,29). The monoisotopic (exact) mass is 571 g/mol. The number of hydrogen-bond acceptors (Lipinski definition) is 7. The third-order valence-corrected chi connectivity index (χ3v) is 10.5. The van der Waals surface area contributed by atoms with Gasteiger partial charge in [0.15, 0.2) is 0 Å². The van der Waals surface area contributed by atoms with E-state index < -0.39 is 26.0 Å². The molecule has 0 saturated carbocycles. The molecule has 4 rings (SSSR count). The van der Waals surface area contributed by atoms with Crippen molar-refractivity contribution in [3.05, 3.63) is 53.1 Å². The Bertz CT molecular complexity index is 1340. The fourth-order valence-corrected chi connectivity index (χ4v) is 7.64. The van der Waals surface area contributed by atoms with E-state index in [1.54, 1.807) is 24.3 Å². The molecule has 2 saturated heterocycles. The number of carbonyl (C=O) groups is 1. The fraction of sp³-hybridized carbons (Fsp3) is 0.458. The number of carbonyl (C=O) groups excluding carboxylic acids is 1. The van der Waals surface area contributed by atoms with Crippen LogP contribution in [0.2, 0.25) is 5.02 Å². The number of nitrogens with one attached hydrogen (secondary N) is 1. The molecule has 0 radical (unpaired) electrons. The number of benzene rings is 2. The molecule has 2 aromatic rings. The molecule has 0 aliphatic carbocycles. The van der Waals surface area contributed by atoms with Crippen molar-refractivity contribution < 1.29 is 31.1 Å². The Balaban J connectivity index is 1.41. The van der Waals surface area contributed by atoms with Crippen LogP contribution in [0, 0.1) is 5.92 Å². The van der Waals surface area contributed by atoms with Gasteiger partial charge < -0.3 is 14.8 Å². The van der Waals surface area contributed by atoms with E-state index in [0.717, 1.165) is 0 Å². The van der Waals surface area contributed by atoms with Gasteiger partial charge in [0.1, 0.15) is 5.75 Å². The number of hydrogen-bond donors (Lipinski definition) is 1. The highest BCUT2D eigenvalue weighted by molar-refractivity contribution is 7.89. The molecule has 0 aromatic heterocycles.